The quantitative estimate of drug-likeness (QED) is 0.744. The van der Waals surface area contributed by atoms with Gasteiger partial charge in [-0.05, 0) is 13.3 Å². The largest absolute Gasteiger partial charge is 0.465 e. The fourth-order valence-electron chi connectivity index (χ4n) is 1.83. The SMILES string of the molecule is Cc1oc2c(c1CO)CCS(=O)(=O)C2. The highest BCUT2D eigenvalue weighted by atomic mass is 32.2. The lowest BCUT2D eigenvalue weighted by Gasteiger charge is -2.11. The summed E-state index contributed by atoms with van der Waals surface area (Å²) in [7, 11) is -2.98. The van der Waals surface area contributed by atoms with Crippen LogP contribution in [0.15, 0.2) is 4.42 Å². The van der Waals surface area contributed by atoms with Crippen LogP contribution in [0.4, 0.5) is 0 Å². The molecule has 0 aliphatic carbocycles. The maximum absolute atomic E-state index is 11.3. The fraction of sp³-hybridized carbons (Fsp3) is 0.556. The highest BCUT2D eigenvalue weighted by molar-refractivity contribution is 7.90. The Kier molecular flexibility index (Phi) is 2.16. The van der Waals surface area contributed by atoms with Crippen LogP contribution in [0.1, 0.15) is 22.6 Å². The van der Waals surface area contributed by atoms with Gasteiger partial charge in [0.25, 0.3) is 0 Å². The molecule has 1 aromatic rings. The average Bonchev–Trinajstić information content (AvgIpc) is 2.37. The molecule has 1 aliphatic rings. The van der Waals surface area contributed by atoms with Gasteiger partial charge in [-0.15, -0.1) is 0 Å². The maximum Gasteiger partial charge on any atom is 0.157 e. The molecule has 0 radical (unpaired) electrons. The minimum atomic E-state index is -2.98. The van der Waals surface area contributed by atoms with E-state index in [9.17, 15) is 8.42 Å². The van der Waals surface area contributed by atoms with Crippen LogP contribution in [0.2, 0.25) is 0 Å². The maximum atomic E-state index is 11.3. The first-order valence-electron chi connectivity index (χ1n) is 4.45. The second kappa shape index (κ2) is 3.10. The van der Waals surface area contributed by atoms with E-state index in [0.717, 1.165) is 11.1 Å². The predicted molar refractivity (Wildman–Crippen MR) is 50.6 cm³/mol. The van der Waals surface area contributed by atoms with Gasteiger partial charge in [0.15, 0.2) is 9.84 Å². The number of furan rings is 1. The van der Waals surface area contributed by atoms with Crippen molar-refractivity contribution in [2.24, 2.45) is 0 Å². The van der Waals surface area contributed by atoms with Crippen molar-refractivity contribution in [3.8, 4) is 0 Å². The van der Waals surface area contributed by atoms with Crippen LogP contribution in [0.25, 0.3) is 0 Å². The summed E-state index contributed by atoms with van der Waals surface area (Å²) in [6.45, 7) is 1.67. The third kappa shape index (κ3) is 1.46. The van der Waals surface area contributed by atoms with Crippen LogP contribution in [-0.4, -0.2) is 19.3 Å². The summed E-state index contributed by atoms with van der Waals surface area (Å²) >= 11 is 0. The van der Waals surface area contributed by atoms with Gasteiger partial charge in [0.05, 0.1) is 12.4 Å². The van der Waals surface area contributed by atoms with Crippen LogP contribution in [0.5, 0.6) is 0 Å². The lowest BCUT2D eigenvalue weighted by atomic mass is 10.1. The summed E-state index contributed by atoms with van der Waals surface area (Å²) in [5, 5.41) is 9.08. The van der Waals surface area contributed by atoms with Gasteiger partial charge in [-0.2, -0.15) is 0 Å². The molecule has 0 spiro atoms. The van der Waals surface area contributed by atoms with Gasteiger partial charge in [0.2, 0.25) is 0 Å². The summed E-state index contributed by atoms with van der Waals surface area (Å²) < 4.78 is 27.9. The number of sulfone groups is 1. The van der Waals surface area contributed by atoms with Crippen molar-refractivity contribution in [2.45, 2.75) is 25.7 Å². The van der Waals surface area contributed by atoms with Crippen molar-refractivity contribution in [1.82, 2.24) is 0 Å². The van der Waals surface area contributed by atoms with Crippen LogP contribution in [0.3, 0.4) is 0 Å². The van der Waals surface area contributed by atoms with Crippen molar-refractivity contribution >= 4 is 9.84 Å². The molecule has 0 fully saturated rings. The fourth-order valence-corrected chi connectivity index (χ4v) is 3.12. The Labute approximate surface area is 82.5 Å². The van der Waals surface area contributed by atoms with E-state index in [1.165, 1.54) is 0 Å². The standard InChI is InChI=1S/C9H12O4S/c1-6-8(4-10)7-2-3-14(11,12)5-9(7)13-6/h10H,2-5H2,1H3. The number of aryl methyl sites for hydroxylation is 1. The summed E-state index contributed by atoms with van der Waals surface area (Å²) in [4.78, 5) is 0. The molecule has 5 heteroatoms. The zero-order chi connectivity index (χ0) is 10.3. The average molecular weight is 216 g/mol. The second-order valence-electron chi connectivity index (χ2n) is 3.54. The van der Waals surface area contributed by atoms with Gasteiger partial charge in [-0.3, -0.25) is 0 Å². The van der Waals surface area contributed by atoms with Crippen molar-refractivity contribution in [3.63, 3.8) is 0 Å². The van der Waals surface area contributed by atoms with Crippen molar-refractivity contribution in [1.29, 1.82) is 0 Å². The van der Waals surface area contributed by atoms with Crippen LogP contribution in [-0.2, 0) is 28.6 Å². The minimum absolute atomic E-state index is 0.0246. The molecule has 4 nitrogen and oxygen atoms in total. The van der Waals surface area contributed by atoms with E-state index in [4.69, 9.17) is 9.52 Å². The number of aliphatic hydroxyl groups excluding tert-OH is 1. The van der Waals surface area contributed by atoms with Gasteiger partial charge >= 0.3 is 0 Å². The molecule has 2 rings (SSSR count). The van der Waals surface area contributed by atoms with E-state index in [2.05, 4.69) is 0 Å². The first-order valence-corrected chi connectivity index (χ1v) is 6.27. The molecule has 0 amide bonds. The highest BCUT2D eigenvalue weighted by Gasteiger charge is 2.27. The molecule has 0 saturated heterocycles. The zero-order valence-corrected chi connectivity index (χ0v) is 8.73. The Hall–Kier alpha value is -0.810. The normalized spacial score (nSPS) is 19.3. The lowest BCUT2D eigenvalue weighted by Crippen LogP contribution is -2.18. The van der Waals surface area contributed by atoms with E-state index in [-0.39, 0.29) is 18.1 Å². The van der Waals surface area contributed by atoms with Crippen LogP contribution in [0, 0.1) is 6.92 Å². The molecular weight excluding hydrogens is 204 g/mol. The molecule has 2 heterocycles. The molecule has 1 aliphatic heterocycles. The molecule has 14 heavy (non-hydrogen) atoms. The molecule has 0 bridgehead atoms. The molecular formula is C9H12O4S. The first-order chi connectivity index (χ1) is 6.53. The first kappa shape index (κ1) is 9.73. The van der Waals surface area contributed by atoms with E-state index < -0.39 is 9.84 Å². The highest BCUT2D eigenvalue weighted by Crippen LogP contribution is 2.28. The van der Waals surface area contributed by atoms with Gasteiger partial charge < -0.3 is 9.52 Å². The topological polar surface area (TPSA) is 67.5 Å². The molecule has 0 saturated carbocycles. The van der Waals surface area contributed by atoms with Crippen LogP contribution < -0.4 is 0 Å². The Balaban J connectivity index is 2.51. The molecule has 78 valence electrons. The van der Waals surface area contributed by atoms with Gasteiger partial charge in [-0.1, -0.05) is 0 Å². The Bertz CT molecular complexity index is 455. The monoisotopic (exact) mass is 216 g/mol. The molecule has 0 aromatic carbocycles. The number of fused-ring (bicyclic) bond motifs is 1. The molecule has 1 aromatic heterocycles. The van der Waals surface area contributed by atoms with E-state index in [0.29, 0.717) is 17.9 Å². The summed E-state index contributed by atoms with van der Waals surface area (Å²) in [6, 6.07) is 0. The smallest absolute Gasteiger partial charge is 0.157 e. The lowest BCUT2D eigenvalue weighted by molar-refractivity contribution is 0.278. The summed E-state index contributed by atoms with van der Waals surface area (Å²) in [5.74, 6) is 1.28. The zero-order valence-electron chi connectivity index (χ0n) is 7.91. The predicted octanol–water partition coefficient (Wildman–Crippen LogP) is 0.551. The van der Waals surface area contributed by atoms with E-state index in [1.54, 1.807) is 6.92 Å². The number of hydrogen-bond acceptors (Lipinski definition) is 4. The number of aliphatic hydroxyl groups is 1. The van der Waals surface area contributed by atoms with E-state index >= 15 is 0 Å². The molecule has 0 unspecified atom stereocenters. The summed E-state index contributed by atoms with van der Waals surface area (Å²) in [6.07, 6.45) is 0.463. The minimum Gasteiger partial charge on any atom is -0.465 e. The Morgan fingerprint density at radius 3 is 2.86 bits per heavy atom. The number of hydrogen-bond donors (Lipinski definition) is 1. The van der Waals surface area contributed by atoms with Crippen LogP contribution >= 0.6 is 0 Å². The van der Waals surface area contributed by atoms with E-state index in [1.807, 2.05) is 0 Å². The third-order valence-corrected chi connectivity index (χ3v) is 4.10. The van der Waals surface area contributed by atoms with Gasteiger partial charge in [0.1, 0.15) is 17.3 Å². The second-order valence-corrected chi connectivity index (χ2v) is 5.72. The Morgan fingerprint density at radius 2 is 2.21 bits per heavy atom. The third-order valence-electron chi connectivity index (χ3n) is 2.57. The summed E-state index contributed by atoms with van der Waals surface area (Å²) in [5.41, 5.74) is 1.65. The van der Waals surface area contributed by atoms with Crippen molar-refractivity contribution in [2.75, 3.05) is 5.75 Å². The molecule has 1 N–H and O–H groups in total. The van der Waals surface area contributed by atoms with Gasteiger partial charge in [0, 0.05) is 11.1 Å². The van der Waals surface area contributed by atoms with Crippen molar-refractivity contribution in [3.05, 3.63) is 22.6 Å². The molecule has 0 atom stereocenters. The van der Waals surface area contributed by atoms with Gasteiger partial charge in [-0.25, -0.2) is 8.42 Å². The Morgan fingerprint density at radius 1 is 1.50 bits per heavy atom. The van der Waals surface area contributed by atoms with Crippen molar-refractivity contribution < 1.29 is 17.9 Å². The number of rotatable bonds is 1.